The van der Waals surface area contributed by atoms with Crippen LogP contribution in [0, 0.1) is 11.8 Å². The Balaban J connectivity index is 1.56. The first-order chi connectivity index (χ1) is 9.40. The highest BCUT2D eigenvalue weighted by atomic mass is 32.1. The summed E-state index contributed by atoms with van der Waals surface area (Å²) in [7, 11) is 0. The second-order valence-corrected chi connectivity index (χ2v) is 6.51. The number of nitrogens with one attached hydrogen (secondary N) is 1. The largest absolute Gasteiger partial charge is 0.363 e. The van der Waals surface area contributed by atoms with E-state index in [0.717, 1.165) is 11.8 Å². The maximum absolute atomic E-state index is 3.50. The number of thiophene rings is 1. The van der Waals surface area contributed by atoms with Gasteiger partial charge < -0.3 is 10.2 Å². The van der Waals surface area contributed by atoms with Crippen molar-refractivity contribution >= 4 is 16.3 Å². The Morgan fingerprint density at radius 1 is 1.00 bits per heavy atom. The number of benzene rings is 1. The molecule has 98 valence electrons. The van der Waals surface area contributed by atoms with Crippen molar-refractivity contribution in [1.29, 1.82) is 0 Å². The van der Waals surface area contributed by atoms with Gasteiger partial charge in [0.1, 0.15) is 0 Å². The van der Waals surface area contributed by atoms with Gasteiger partial charge in [0.25, 0.3) is 0 Å². The second kappa shape index (κ2) is 4.66. The zero-order valence-electron chi connectivity index (χ0n) is 10.9. The molecule has 0 spiro atoms. The number of hydrogen-bond donors (Lipinski definition) is 1. The van der Waals surface area contributed by atoms with Gasteiger partial charge in [-0.3, -0.25) is 0 Å². The van der Waals surface area contributed by atoms with Crippen LogP contribution in [-0.2, 0) is 0 Å². The third-order valence-corrected chi connectivity index (χ3v) is 5.38. The summed E-state index contributed by atoms with van der Waals surface area (Å²) >= 11 is 1.89. The molecule has 0 aliphatic carbocycles. The topological polar surface area (TPSA) is 15.3 Å². The Hall–Kier alpha value is -1.32. The fraction of sp³-hybridized carbons (Fsp3) is 0.375. The molecule has 19 heavy (non-hydrogen) atoms. The maximum Gasteiger partial charge on any atom is 0.0915 e. The summed E-state index contributed by atoms with van der Waals surface area (Å²) < 4.78 is 0. The van der Waals surface area contributed by atoms with E-state index in [1.165, 1.54) is 42.3 Å². The van der Waals surface area contributed by atoms with E-state index < -0.39 is 0 Å². The van der Waals surface area contributed by atoms with E-state index in [9.17, 15) is 0 Å². The molecule has 2 aromatic rings. The number of hydrogen-bond acceptors (Lipinski definition) is 3. The number of rotatable bonds is 2. The van der Waals surface area contributed by atoms with Crippen molar-refractivity contribution in [2.24, 2.45) is 11.8 Å². The highest BCUT2D eigenvalue weighted by molar-refractivity contribution is 7.14. The Morgan fingerprint density at radius 2 is 1.74 bits per heavy atom. The summed E-state index contributed by atoms with van der Waals surface area (Å²) in [5.74, 6) is 1.73. The summed E-state index contributed by atoms with van der Waals surface area (Å²) in [6.45, 7) is 4.87. The fourth-order valence-corrected chi connectivity index (χ4v) is 4.25. The first-order valence-corrected chi connectivity index (χ1v) is 7.88. The van der Waals surface area contributed by atoms with E-state index in [2.05, 4.69) is 52.0 Å². The molecular formula is C16H18N2S. The molecule has 2 fully saturated rings. The zero-order chi connectivity index (χ0) is 12.7. The monoisotopic (exact) mass is 270 g/mol. The minimum Gasteiger partial charge on any atom is -0.363 e. The molecule has 0 saturated carbocycles. The quantitative estimate of drug-likeness (QED) is 0.902. The van der Waals surface area contributed by atoms with E-state index in [1.807, 2.05) is 11.3 Å². The van der Waals surface area contributed by atoms with Crippen molar-refractivity contribution in [3.63, 3.8) is 0 Å². The lowest BCUT2D eigenvalue weighted by Crippen LogP contribution is -2.24. The summed E-state index contributed by atoms with van der Waals surface area (Å²) in [5.41, 5.74) is 2.68. The molecule has 2 aliphatic rings. The van der Waals surface area contributed by atoms with Crippen LogP contribution >= 0.6 is 11.3 Å². The van der Waals surface area contributed by atoms with Crippen LogP contribution in [-0.4, -0.2) is 26.2 Å². The zero-order valence-corrected chi connectivity index (χ0v) is 11.7. The molecule has 2 atom stereocenters. The number of anilines is 1. The molecule has 1 N–H and O–H groups in total. The van der Waals surface area contributed by atoms with Gasteiger partial charge in [-0.25, -0.2) is 0 Å². The van der Waals surface area contributed by atoms with Crippen LogP contribution in [0.1, 0.15) is 0 Å². The van der Waals surface area contributed by atoms with E-state index in [-0.39, 0.29) is 0 Å². The minimum atomic E-state index is 0.863. The van der Waals surface area contributed by atoms with Crippen molar-refractivity contribution in [3.05, 3.63) is 41.8 Å². The predicted octanol–water partition coefficient (Wildman–Crippen LogP) is 3.07. The van der Waals surface area contributed by atoms with Crippen molar-refractivity contribution in [2.45, 2.75) is 0 Å². The average Bonchev–Trinajstić information content (AvgIpc) is 3.14. The van der Waals surface area contributed by atoms with Crippen LogP contribution < -0.4 is 10.2 Å². The van der Waals surface area contributed by atoms with E-state index >= 15 is 0 Å². The van der Waals surface area contributed by atoms with Crippen LogP contribution in [0.4, 0.5) is 5.00 Å². The molecule has 0 radical (unpaired) electrons. The highest BCUT2D eigenvalue weighted by Crippen LogP contribution is 2.36. The van der Waals surface area contributed by atoms with Gasteiger partial charge >= 0.3 is 0 Å². The first-order valence-electron chi connectivity index (χ1n) is 7.00. The van der Waals surface area contributed by atoms with Crippen molar-refractivity contribution in [3.8, 4) is 11.1 Å². The molecule has 2 saturated heterocycles. The van der Waals surface area contributed by atoms with Crippen molar-refractivity contribution in [1.82, 2.24) is 5.32 Å². The fourth-order valence-electron chi connectivity index (χ4n) is 3.31. The van der Waals surface area contributed by atoms with E-state index in [1.54, 1.807) is 0 Å². The number of fused-ring (bicyclic) bond motifs is 1. The van der Waals surface area contributed by atoms with E-state index in [4.69, 9.17) is 0 Å². The molecular weight excluding hydrogens is 252 g/mol. The van der Waals surface area contributed by atoms with Gasteiger partial charge in [-0.2, -0.15) is 0 Å². The molecule has 0 amide bonds. The Morgan fingerprint density at radius 3 is 2.47 bits per heavy atom. The van der Waals surface area contributed by atoms with E-state index in [0.29, 0.717) is 0 Å². The predicted molar refractivity (Wildman–Crippen MR) is 81.8 cm³/mol. The molecule has 2 unspecified atom stereocenters. The third kappa shape index (κ3) is 2.07. The van der Waals surface area contributed by atoms with Gasteiger partial charge in [0.2, 0.25) is 0 Å². The highest BCUT2D eigenvalue weighted by Gasteiger charge is 2.36. The SMILES string of the molecule is c1ccc(-c2csc(N3CC4CNCC4C3)c2)cc1. The third-order valence-electron chi connectivity index (χ3n) is 4.39. The molecule has 1 aromatic heterocycles. The minimum absolute atomic E-state index is 0.863. The molecule has 2 nitrogen and oxygen atoms in total. The summed E-state index contributed by atoms with van der Waals surface area (Å²) in [4.78, 5) is 2.58. The Labute approximate surface area is 118 Å². The Bertz CT molecular complexity index is 551. The number of nitrogens with zero attached hydrogens (tertiary/aromatic N) is 1. The molecule has 1 aromatic carbocycles. The van der Waals surface area contributed by atoms with Gasteiger partial charge in [0.05, 0.1) is 5.00 Å². The van der Waals surface area contributed by atoms with Crippen LogP contribution in [0.2, 0.25) is 0 Å². The maximum atomic E-state index is 3.50. The molecule has 0 bridgehead atoms. The molecule has 2 aliphatic heterocycles. The summed E-state index contributed by atoms with van der Waals surface area (Å²) in [6, 6.07) is 13.0. The van der Waals surface area contributed by atoms with Gasteiger partial charge in [-0.05, 0) is 29.0 Å². The Kier molecular flexibility index (Phi) is 2.82. The van der Waals surface area contributed by atoms with Crippen molar-refractivity contribution in [2.75, 3.05) is 31.1 Å². The second-order valence-electron chi connectivity index (χ2n) is 5.62. The summed E-state index contributed by atoms with van der Waals surface area (Å²) in [5, 5.41) is 7.23. The first kappa shape index (κ1) is 11.5. The van der Waals surface area contributed by atoms with Gasteiger partial charge in [0, 0.05) is 31.6 Å². The molecule has 3 heteroatoms. The van der Waals surface area contributed by atoms with Gasteiger partial charge in [-0.15, -0.1) is 11.3 Å². The lowest BCUT2D eigenvalue weighted by atomic mass is 10.0. The van der Waals surface area contributed by atoms with Gasteiger partial charge in [0.15, 0.2) is 0 Å². The summed E-state index contributed by atoms with van der Waals surface area (Å²) in [6.07, 6.45) is 0. The smallest absolute Gasteiger partial charge is 0.0915 e. The van der Waals surface area contributed by atoms with Crippen molar-refractivity contribution < 1.29 is 0 Å². The van der Waals surface area contributed by atoms with Crippen LogP contribution in [0.25, 0.3) is 11.1 Å². The van der Waals surface area contributed by atoms with Crippen LogP contribution in [0.3, 0.4) is 0 Å². The molecule has 4 rings (SSSR count). The normalized spacial score (nSPS) is 25.8. The average molecular weight is 270 g/mol. The lowest BCUT2D eigenvalue weighted by molar-refractivity contribution is 0.533. The van der Waals surface area contributed by atoms with Crippen LogP contribution in [0.5, 0.6) is 0 Å². The van der Waals surface area contributed by atoms with Gasteiger partial charge in [-0.1, -0.05) is 30.3 Å². The van der Waals surface area contributed by atoms with Crippen LogP contribution in [0.15, 0.2) is 41.8 Å². The standard InChI is InChI=1S/C16H18N2S/c1-2-4-12(5-3-1)13-6-16(19-11-13)18-9-14-7-17-8-15(14)10-18/h1-6,11,14-15,17H,7-10H2. The lowest BCUT2D eigenvalue weighted by Gasteiger charge is -2.17. The molecule has 3 heterocycles.